The van der Waals surface area contributed by atoms with Gasteiger partial charge in [-0.1, -0.05) is 47.4 Å². The van der Waals surface area contributed by atoms with E-state index < -0.39 is 12.2 Å². The highest BCUT2D eigenvalue weighted by atomic mass is 16.5. The molecular weight excluding hydrogens is 480 g/mol. The highest BCUT2D eigenvalue weighted by molar-refractivity contribution is 5.50. The summed E-state index contributed by atoms with van der Waals surface area (Å²) in [6, 6.07) is 10.9. The molecule has 0 aromatic heterocycles. The molecule has 6 nitrogen and oxygen atoms in total. The number of ether oxygens (including phenoxy) is 4. The van der Waals surface area contributed by atoms with Crippen molar-refractivity contribution >= 4 is 0 Å². The smallest absolute Gasteiger partial charge is 0.161 e. The molecule has 0 aliphatic carbocycles. The number of allylic oxidation sites excluding steroid dienone is 4. The van der Waals surface area contributed by atoms with Crippen molar-refractivity contribution in [2.75, 3.05) is 28.4 Å². The van der Waals surface area contributed by atoms with Crippen LogP contribution in [0.1, 0.15) is 25.0 Å². The van der Waals surface area contributed by atoms with E-state index in [-0.39, 0.29) is 0 Å². The molecule has 2 atom stereocenters. The summed E-state index contributed by atoms with van der Waals surface area (Å²) >= 11 is 0. The molecule has 0 spiro atoms. The van der Waals surface area contributed by atoms with Gasteiger partial charge in [-0.15, -0.1) is 0 Å². The van der Waals surface area contributed by atoms with Gasteiger partial charge in [0.2, 0.25) is 0 Å². The quantitative estimate of drug-likeness (QED) is 0.604. The van der Waals surface area contributed by atoms with Crippen LogP contribution in [-0.4, -0.2) is 50.9 Å². The molecule has 6 heteroatoms. The molecule has 0 aliphatic rings. The summed E-state index contributed by atoms with van der Waals surface area (Å²) in [6.07, 6.45) is 5.21. The second-order valence-electron chi connectivity index (χ2n) is 7.27. The van der Waals surface area contributed by atoms with Gasteiger partial charge < -0.3 is 29.2 Å². The molecule has 196 valence electrons. The Kier molecular flexibility index (Phi) is 15.3. The van der Waals surface area contributed by atoms with E-state index in [1.165, 1.54) is 0 Å². The van der Waals surface area contributed by atoms with E-state index in [0.717, 1.165) is 11.1 Å². The van der Waals surface area contributed by atoms with E-state index in [2.05, 4.69) is 47.4 Å². The monoisotopic (exact) mass is 512 g/mol. The summed E-state index contributed by atoms with van der Waals surface area (Å²) in [7, 11) is 6.35. The fourth-order valence-electron chi connectivity index (χ4n) is 2.58. The zero-order chi connectivity index (χ0) is 28.2. The Morgan fingerprint density at radius 3 is 1.21 bits per heavy atom. The first kappa shape index (κ1) is 31.3. The van der Waals surface area contributed by atoms with E-state index in [1.807, 2.05) is 12.1 Å². The van der Waals surface area contributed by atoms with Crippen LogP contribution in [0.5, 0.6) is 23.0 Å². The minimum absolute atomic E-state index is 0.622. The third-order valence-corrected chi connectivity index (χ3v) is 4.28. The van der Waals surface area contributed by atoms with Crippen LogP contribution < -0.4 is 18.9 Å². The Morgan fingerprint density at radius 1 is 0.553 bits per heavy atom. The third-order valence-electron chi connectivity index (χ3n) is 4.28. The van der Waals surface area contributed by atoms with Crippen molar-refractivity contribution in [3.63, 3.8) is 0 Å². The van der Waals surface area contributed by atoms with Crippen LogP contribution >= 0.6 is 0 Å². The lowest BCUT2D eigenvalue weighted by molar-refractivity contribution is 0.253. The zero-order valence-electron chi connectivity index (χ0n) is 22.5. The lowest BCUT2D eigenvalue weighted by atomic mass is 10.2. The van der Waals surface area contributed by atoms with E-state index in [9.17, 15) is 0 Å². The Labute approximate surface area is 225 Å². The predicted molar refractivity (Wildman–Crippen MR) is 150 cm³/mol. The molecule has 2 aromatic rings. The first-order chi connectivity index (χ1) is 18.3. The van der Waals surface area contributed by atoms with Crippen molar-refractivity contribution in [3.8, 4) is 70.4 Å². The molecule has 2 N–H and O–H groups in total. The third kappa shape index (κ3) is 12.8. The van der Waals surface area contributed by atoms with Crippen molar-refractivity contribution in [2.45, 2.75) is 26.1 Å². The number of benzene rings is 2. The summed E-state index contributed by atoms with van der Waals surface area (Å²) in [5.74, 6) is 24.8. The van der Waals surface area contributed by atoms with Gasteiger partial charge in [-0.25, -0.2) is 0 Å². The topological polar surface area (TPSA) is 77.4 Å². The lowest BCUT2D eigenvalue weighted by Crippen LogP contribution is -1.91. The summed E-state index contributed by atoms with van der Waals surface area (Å²) in [4.78, 5) is 0. The molecule has 0 heterocycles. The van der Waals surface area contributed by atoms with Crippen molar-refractivity contribution in [1.82, 2.24) is 0 Å². The molecule has 2 aromatic carbocycles. The van der Waals surface area contributed by atoms with Crippen molar-refractivity contribution < 1.29 is 29.2 Å². The first-order valence-corrected chi connectivity index (χ1v) is 11.5. The molecule has 38 heavy (non-hydrogen) atoms. The Bertz CT molecular complexity index is 1230. The molecule has 0 aliphatic heterocycles. The minimum Gasteiger partial charge on any atom is -0.493 e. The van der Waals surface area contributed by atoms with E-state index in [0.29, 0.717) is 23.0 Å². The standard InChI is InChI=1S/2C16H16O3/c2*1-13(17)8-6-4-5-7-9-14-10-11-15(18-2)16(12-14)19-3/h2*4-5,10-13,17H,1-3H3/b2*5-4-/t2*13-/m10/s1. The molecule has 0 saturated carbocycles. The number of hydrogen-bond donors (Lipinski definition) is 2. The van der Waals surface area contributed by atoms with Crippen LogP contribution in [0.3, 0.4) is 0 Å². The Balaban J connectivity index is 0.000000380. The summed E-state index contributed by atoms with van der Waals surface area (Å²) in [5, 5.41) is 17.8. The summed E-state index contributed by atoms with van der Waals surface area (Å²) < 4.78 is 20.7. The molecule has 0 saturated heterocycles. The number of methoxy groups -OCH3 is 4. The van der Waals surface area contributed by atoms with Crippen LogP contribution in [0.4, 0.5) is 0 Å². The number of aliphatic hydroxyl groups is 2. The molecular formula is C32H32O6. The van der Waals surface area contributed by atoms with Gasteiger partial charge in [0, 0.05) is 11.1 Å². The Hall–Kier alpha value is -4.72. The number of hydrogen-bond acceptors (Lipinski definition) is 6. The van der Waals surface area contributed by atoms with Crippen LogP contribution in [0, 0.1) is 47.4 Å². The fraction of sp³-hybridized carbons (Fsp3) is 0.250. The second kappa shape index (κ2) is 18.5. The SMILES string of the molecule is COc1ccc(C#C/C=C\C#C[C@@H](C)O)cc1OC.COc1ccc(C#C/C=C\C#C[C@H](C)O)cc1OC. The van der Waals surface area contributed by atoms with Gasteiger partial charge in [0.05, 0.1) is 28.4 Å². The van der Waals surface area contributed by atoms with Crippen LogP contribution in [0.25, 0.3) is 0 Å². The second-order valence-corrected chi connectivity index (χ2v) is 7.27. The van der Waals surface area contributed by atoms with Gasteiger partial charge in [-0.2, -0.15) is 0 Å². The van der Waals surface area contributed by atoms with Crippen LogP contribution in [0.15, 0.2) is 60.7 Å². The average Bonchev–Trinajstić information content (AvgIpc) is 2.92. The first-order valence-electron chi connectivity index (χ1n) is 11.5. The maximum atomic E-state index is 8.92. The molecule has 0 unspecified atom stereocenters. The number of aliphatic hydroxyl groups excluding tert-OH is 2. The van der Waals surface area contributed by atoms with E-state index >= 15 is 0 Å². The minimum atomic E-state index is -0.622. The normalized spacial score (nSPS) is 10.9. The predicted octanol–water partition coefficient (Wildman–Crippen LogP) is 3.99. The van der Waals surface area contributed by atoms with Crippen molar-refractivity contribution in [2.24, 2.45) is 0 Å². The lowest BCUT2D eigenvalue weighted by Gasteiger charge is -2.06. The molecule has 0 fully saturated rings. The highest BCUT2D eigenvalue weighted by Crippen LogP contribution is 2.27. The van der Waals surface area contributed by atoms with Gasteiger partial charge in [0.1, 0.15) is 12.2 Å². The maximum absolute atomic E-state index is 8.92. The maximum Gasteiger partial charge on any atom is 0.161 e. The van der Waals surface area contributed by atoms with Crippen LogP contribution in [-0.2, 0) is 0 Å². The largest absolute Gasteiger partial charge is 0.493 e. The van der Waals surface area contributed by atoms with Gasteiger partial charge >= 0.3 is 0 Å². The summed E-state index contributed by atoms with van der Waals surface area (Å²) in [5.41, 5.74) is 1.65. The van der Waals surface area contributed by atoms with Gasteiger partial charge in [-0.05, 0) is 74.5 Å². The highest BCUT2D eigenvalue weighted by Gasteiger charge is 2.03. The van der Waals surface area contributed by atoms with Crippen molar-refractivity contribution in [1.29, 1.82) is 0 Å². The molecule has 0 amide bonds. The zero-order valence-corrected chi connectivity index (χ0v) is 22.5. The van der Waals surface area contributed by atoms with Gasteiger partial charge in [0.15, 0.2) is 23.0 Å². The average molecular weight is 513 g/mol. The fourth-order valence-corrected chi connectivity index (χ4v) is 2.58. The van der Waals surface area contributed by atoms with Gasteiger partial charge in [0.25, 0.3) is 0 Å². The molecule has 0 bridgehead atoms. The van der Waals surface area contributed by atoms with E-state index in [1.54, 1.807) is 90.9 Å². The van der Waals surface area contributed by atoms with Crippen molar-refractivity contribution in [3.05, 3.63) is 71.8 Å². The van der Waals surface area contributed by atoms with Crippen LogP contribution in [0.2, 0.25) is 0 Å². The van der Waals surface area contributed by atoms with Gasteiger partial charge in [-0.3, -0.25) is 0 Å². The Morgan fingerprint density at radius 2 is 0.895 bits per heavy atom. The van der Waals surface area contributed by atoms with E-state index in [4.69, 9.17) is 29.2 Å². The molecule has 2 rings (SSSR count). The summed E-state index contributed by atoms with van der Waals surface area (Å²) in [6.45, 7) is 3.21. The molecule has 0 radical (unpaired) electrons. The number of rotatable bonds is 4.